The lowest BCUT2D eigenvalue weighted by Gasteiger charge is -2.25. The SMILES string of the molecule is C[C@@]1(Oc2cc(NS(=O)(=O)c3sc(-c4ccc(Cl)c(Cl)c4)cc3Cl)ccc2Cl)CCNC1. The van der Waals surface area contributed by atoms with E-state index in [2.05, 4.69) is 10.0 Å². The fourth-order valence-corrected chi connectivity index (χ4v) is 6.83. The van der Waals surface area contributed by atoms with E-state index in [9.17, 15) is 8.42 Å². The summed E-state index contributed by atoms with van der Waals surface area (Å²) in [4.78, 5) is 0.649. The highest BCUT2D eigenvalue weighted by atomic mass is 35.5. The third-order valence-corrected chi connectivity index (χ3v) is 9.65. The fraction of sp³-hybridized carbons (Fsp3) is 0.238. The lowest BCUT2D eigenvalue weighted by atomic mass is 10.1. The lowest BCUT2D eigenvalue weighted by Crippen LogP contribution is -2.34. The van der Waals surface area contributed by atoms with Crippen LogP contribution in [0, 0.1) is 0 Å². The number of nitrogens with one attached hydrogen (secondary N) is 2. The van der Waals surface area contributed by atoms with Gasteiger partial charge in [0.05, 0.1) is 25.8 Å². The monoisotopic (exact) mass is 550 g/mol. The van der Waals surface area contributed by atoms with E-state index in [4.69, 9.17) is 51.1 Å². The summed E-state index contributed by atoms with van der Waals surface area (Å²) in [6.07, 6.45) is 0.821. The minimum Gasteiger partial charge on any atom is -0.485 e. The molecule has 170 valence electrons. The summed E-state index contributed by atoms with van der Waals surface area (Å²) >= 11 is 25.7. The van der Waals surface area contributed by atoms with Crippen molar-refractivity contribution in [1.29, 1.82) is 0 Å². The Balaban J connectivity index is 1.60. The molecule has 1 aliphatic heterocycles. The van der Waals surface area contributed by atoms with Gasteiger partial charge in [0, 0.05) is 23.9 Å². The summed E-state index contributed by atoms with van der Waals surface area (Å²) in [6, 6.07) is 11.4. The number of sulfonamides is 1. The third kappa shape index (κ3) is 5.14. The Bertz CT molecular complexity index is 1270. The van der Waals surface area contributed by atoms with Gasteiger partial charge < -0.3 is 10.1 Å². The first-order valence-corrected chi connectivity index (χ1v) is 13.3. The van der Waals surface area contributed by atoms with Gasteiger partial charge in [-0.05, 0) is 49.4 Å². The molecule has 1 fully saturated rings. The summed E-state index contributed by atoms with van der Waals surface area (Å²) in [5.41, 5.74) is 0.625. The third-order valence-electron chi connectivity index (χ3n) is 4.97. The van der Waals surface area contributed by atoms with Crippen LogP contribution in [0.5, 0.6) is 5.75 Å². The highest BCUT2D eigenvalue weighted by Gasteiger charge is 2.31. The maximum absolute atomic E-state index is 13.1. The van der Waals surface area contributed by atoms with E-state index < -0.39 is 15.6 Å². The number of anilines is 1. The second-order valence-corrected chi connectivity index (χ2v) is 12.2. The average Bonchev–Trinajstić information content (AvgIpc) is 3.33. The largest absolute Gasteiger partial charge is 0.485 e. The zero-order valence-corrected chi connectivity index (χ0v) is 21.4. The van der Waals surface area contributed by atoms with Gasteiger partial charge in [-0.15, -0.1) is 11.3 Å². The first-order chi connectivity index (χ1) is 15.1. The molecule has 0 spiro atoms. The highest BCUT2D eigenvalue weighted by molar-refractivity contribution is 7.94. The van der Waals surface area contributed by atoms with Gasteiger partial charge in [-0.2, -0.15) is 0 Å². The number of thiophene rings is 1. The Hall–Kier alpha value is -1.19. The van der Waals surface area contributed by atoms with E-state index in [1.807, 2.05) is 6.92 Å². The maximum atomic E-state index is 13.1. The summed E-state index contributed by atoms with van der Waals surface area (Å²) in [5, 5.41) is 4.54. The maximum Gasteiger partial charge on any atom is 0.272 e. The molecule has 0 aliphatic carbocycles. The predicted molar refractivity (Wildman–Crippen MR) is 134 cm³/mol. The highest BCUT2D eigenvalue weighted by Crippen LogP contribution is 2.40. The second-order valence-electron chi connectivity index (χ2n) is 7.60. The van der Waals surface area contributed by atoms with Crippen LogP contribution < -0.4 is 14.8 Å². The molecule has 0 unspecified atom stereocenters. The standard InChI is InChI=1S/C21H18Cl4N2O3S2/c1-21(6-7-26-11-21)30-18-9-13(3-5-15(18)23)27-32(28,29)20-17(25)10-19(31-20)12-2-4-14(22)16(24)8-12/h2-5,8-10,26-27H,6-7,11H2,1H3/t21-/m1/s1. The molecular weight excluding hydrogens is 534 g/mol. The van der Waals surface area contributed by atoms with Crippen molar-refractivity contribution in [1.82, 2.24) is 5.32 Å². The number of hydrogen-bond acceptors (Lipinski definition) is 5. The Kier molecular flexibility index (Phi) is 6.90. The number of halogens is 4. The zero-order valence-electron chi connectivity index (χ0n) is 16.7. The van der Waals surface area contributed by atoms with E-state index in [0.29, 0.717) is 43.5 Å². The topological polar surface area (TPSA) is 67.4 Å². The molecule has 0 bridgehead atoms. The summed E-state index contributed by atoms with van der Waals surface area (Å²) in [7, 11) is -3.96. The quantitative estimate of drug-likeness (QED) is 0.347. The normalized spacial score (nSPS) is 18.7. The number of rotatable bonds is 6. The number of ether oxygens (including phenoxy) is 1. The number of benzene rings is 2. The van der Waals surface area contributed by atoms with Gasteiger partial charge in [0.2, 0.25) is 0 Å². The van der Waals surface area contributed by atoms with Gasteiger partial charge in [0.1, 0.15) is 11.4 Å². The minimum atomic E-state index is -3.96. The van der Waals surface area contributed by atoms with Crippen molar-refractivity contribution in [2.75, 3.05) is 17.8 Å². The van der Waals surface area contributed by atoms with Crippen LogP contribution in [0.25, 0.3) is 10.4 Å². The molecule has 1 aliphatic rings. The van der Waals surface area contributed by atoms with Crippen LogP contribution in [-0.4, -0.2) is 27.1 Å². The van der Waals surface area contributed by atoms with Gasteiger partial charge in [-0.25, -0.2) is 8.42 Å². The molecule has 2 heterocycles. The Labute approximate surface area is 210 Å². The van der Waals surface area contributed by atoms with Gasteiger partial charge in [0.15, 0.2) is 4.21 Å². The van der Waals surface area contributed by atoms with Crippen molar-refractivity contribution < 1.29 is 13.2 Å². The van der Waals surface area contributed by atoms with Crippen LogP contribution in [0.2, 0.25) is 20.1 Å². The van der Waals surface area contributed by atoms with Crippen LogP contribution in [0.1, 0.15) is 13.3 Å². The van der Waals surface area contributed by atoms with Crippen molar-refractivity contribution in [2.45, 2.75) is 23.2 Å². The van der Waals surface area contributed by atoms with Crippen LogP contribution in [0.4, 0.5) is 5.69 Å². The molecule has 1 aromatic heterocycles. The van der Waals surface area contributed by atoms with Crippen LogP contribution >= 0.6 is 57.7 Å². The van der Waals surface area contributed by atoms with Crippen molar-refractivity contribution in [3.05, 3.63) is 62.6 Å². The van der Waals surface area contributed by atoms with Gasteiger partial charge in [-0.1, -0.05) is 52.5 Å². The Morgan fingerprint density at radius 2 is 1.75 bits per heavy atom. The first kappa shape index (κ1) is 24.0. The predicted octanol–water partition coefficient (Wildman–Crippen LogP) is 6.96. The van der Waals surface area contributed by atoms with E-state index >= 15 is 0 Å². The Morgan fingerprint density at radius 1 is 1.00 bits per heavy atom. The molecule has 32 heavy (non-hydrogen) atoms. The summed E-state index contributed by atoms with van der Waals surface area (Å²) in [5.74, 6) is 0.409. The van der Waals surface area contributed by atoms with Gasteiger partial charge in [-0.3, -0.25) is 4.72 Å². The lowest BCUT2D eigenvalue weighted by molar-refractivity contribution is 0.111. The van der Waals surface area contributed by atoms with E-state index in [1.54, 1.807) is 42.5 Å². The molecule has 0 amide bonds. The van der Waals surface area contributed by atoms with Crippen LogP contribution in [0.3, 0.4) is 0 Å². The minimum absolute atomic E-state index is 0.00962. The molecule has 1 atom stereocenters. The van der Waals surface area contributed by atoms with Crippen molar-refractivity contribution in [2.24, 2.45) is 0 Å². The molecule has 0 radical (unpaired) electrons. The first-order valence-electron chi connectivity index (χ1n) is 9.53. The molecular formula is C21H18Cl4N2O3S2. The molecule has 5 nitrogen and oxygen atoms in total. The van der Waals surface area contributed by atoms with Gasteiger partial charge >= 0.3 is 0 Å². The molecule has 1 saturated heterocycles. The number of hydrogen-bond donors (Lipinski definition) is 2. The molecule has 0 saturated carbocycles. The molecule has 11 heteroatoms. The molecule has 3 aromatic rings. The van der Waals surface area contributed by atoms with E-state index in [0.717, 1.165) is 24.3 Å². The van der Waals surface area contributed by atoms with Crippen LogP contribution in [0.15, 0.2) is 46.7 Å². The van der Waals surface area contributed by atoms with Crippen molar-refractivity contribution in [3.63, 3.8) is 0 Å². The van der Waals surface area contributed by atoms with Crippen molar-refractivity contribution in [3.8, 4) is 16.2 Å². The smallest absolute Gasteiger partial charge is 0.272 e. The molecule has 2 N–H and O–H groups in total. The average molecular weight is 552 g/mol. The molecule has 4 rings (SSSR count). The summed E-state index contributed by atoms with van der Waals surface area (Å²) in [6.45, 7) is 3.51. The zero-order chi connectivity index (χ0) is 23.1. The van der Waals surface area contributed by atoms with E-state index in [-0.39, 0.29) is 9.23 Å². The van der Waals surface area contributed by atoms with Crippen LogP contribution in [-0.2, 0) is 10.0 Å². The van der Waals surface area contributed by atoms with Crippen molar-refractivity contribution >= 4 is 73.5 Å². The van der Waals surface area contributed by atoms with Gasteiger partial charge in [0.25, 0.3) is 10.0 Å². The Morgan fingerprint density at radius 3 is 2.44 bits per heavy atom. The second kappa shape index (κ2) is 9.22. The summed E-state index contributed by atoms with van der Waals surface area (Å²) < 4.78 is 34.8. The fourth-order valence-electron chi connectivity index (χ4n) is 3.32. The van der Waals surface area contributed by atoms with E-state index in [1.165, 1.54) is 0 Å². The molecule has 2 aromatic carbocycles.